The minimum Gasteiger partial charge on any atom is -0.394 e. The van der Waals surface area contributed by atoms with Crippen molar-refractivity contribution in [2.45, 2.75) is 450 Å². The standard InChI is InChI=1S/C76H149NO3/c1-3-5-7-9-11-13-15-17-19-21-23-25-27-29-31-32-33-34-35-36-37-38-39-40-41-42-43-44-46-48-50-52-54-56-58-60-62-64-66-68-70-72-76(80)77-74(73-78)75(79)71-69-67-65-63-61-59-57-55-53-51-49-47-45-30-28-26-24-22-20-18-16-14-12-10-8-6-4-2/h61,63,69,71,74-75,78-79H,3-60,62,64-68,70,72-73H2,1-2H3,(H,77,80)/b63-61+,71-69+. The van der Waals surface area contributed by atoms with Gasteiger partial charge in [0.25, 0.3) is 0 Å². The first-order valence-corrected chi connectivity index (χ1v) is 37.6. The van der Waals surface area contributed by atoms with E-state index in [1.165, 1.54) is 385 Å². The van der Waals surface area contributed by atoms with Crippen LogP contribution in [0.4, 0.5) is 0 Å². The highest BCUT2D eigenvalue weighted by Gasteiger charge is 2.18. The number of aliphatic hydroxyl groups excluding tert-OH is 2. The van der Waals surface area contributed by atoms with Crippen LogP contribution in [0.2, 0.25) is 0 Å². The van der Waals surface area contributed by atoms with Gasteiger partial charge in [0.15, 0.2) is 0 Å². The first kappa shape index (κ1) is 78.9. The third-order valence-electron chi connectivity index (χ3n) is 17.9. The molecule has 0 radical (unpaired) electrons. The summed E-state index contributed by atoms with van der Waals surface area (Å²) in [7, 11) is 0. The van der Waals surface area contributed by atoms with Crippen LogP contribution in [0.1, 0.15) is 438 Å². The highest BCUT2D eigenvalue weighted by molar-refractivity contribution is 5.76. The number of rotatable bonds is 71. The van der Waals surface area contributed by atoms with E-state index in [1.807, 2.05) is 6.08 Å². The van der Waals surface area contributed by atoms with E-state index in [-0.39, 0.29) is 12.5 Å². The summed E-state index contributed by atoms with van der Waals surface area (Å²) < 4.78 is 0. The molecule has 0 aliphatic heterocycles. The molecular formula is C76H149NO3. The third-order valence-corrected chi connectivity index (χ3v) is 17.9. The van der Waals surface area contributed by atoms with Gasteiger partial charge in [-0.15, -0.1) is 0 Å². The van der Waals surface area contributed by atoms with Gasteiger partial charge in [0.05, 0.1) is 18.8 Å². The first-order valence-electron chi connectivity index (χ1n) is 37.6. The predicted octanol–water partition coefficient (Wildman–Crippen LogP) is 25.7. The van der Waals surface area contributed by atoms with Gasteiger partial charge in [-0.2, -0.15) is 0 Å². The fraction of sp³-hybridized carbons (Fsp3) is 0.934. The van der Waals surface area contributed by atoms with Crippen LogP contribution in [-0.4, -0.2) is 34.9 Å². The fourth-order valence-electron chi connectivity index (χ4n) is 12.3. The average molecular weight is 1130 g/mol. The number of carbonyl (C=O) groups is 1. The summed E-state index contributed by atoms with van der Waals surface area (Å²) in [5.41, 5.74) is 0. The van der Waals surface area contributed by atoms with Gasteiger partial charge < -0.3 is 15.5 Å². The van der Waals surface area contributed by atoms with Crippen LogP contribution in [0.3, 0.4) is 0 Å². The molecule has 80 heavy (non-hydrogen) atoms. The molecule has 0 aromatic carbocycles. The molecule has 0 aromatic rings. The number of hydrogen-bond donors (Lipinski definition) is 3. The van der Waals surface area contributed by atoms with Crippen molar-refractivity contribution in [2.24, 2.45) is 0 Å². The maximum Gasteiger partial charge on any atom is 0.220 e. The van der Waals surface area contributed by atoms with Crippen LogP contribution in [-0.2, 0) is 4.79 Å². The van der Waals surface area contributed by atoms with E-state index < -0.39 is 12.1 Å². The van der Waals surface area contributed by atoms with Crippen LogP contribution in [0.5, 0.6) is 0 Å². The van der Waals surface area contributed by atoms with Gasteiger partial charge in [0, 0.05) is 6.42 Å². The normalized spacial score (nSPS) is 12.7. The van der Waals surface area contributed by atoms with Gasteiger partial charge >= 0.3 is 0 Å². The maximum atomic E-state index is 12.5. The number of unbranched alkanes of at least 4 members (excludes halogenated alkanes) is 62. The third kappa shape index (κ3) is 67.7. The molecule has 0 aliphatic rings. The van der Waals surface area contributed by atoms with Crippen molar-refractivity contribution >= 4 is 5.91 Å². The van der Waals surface area contributed by atoms with Gasteiger partial charge in [0.1, 0.15) is 0 Å². The largest absolute Gasteiger partial charge is 0.394 e. The SMILES string of the molecule is CCCCCCCCCCCCCCCCCCCCCCC/C=C/CC/C=C/C(O)C(CO)NC(=O)CCCCCCCCCCCCCCCCCCCCCCCCCCCCCCCCCCCCCCCCCCC. The van der Waals surface area contributed by atoms with Gasteiger partial charge in [0.2, 0.25) is 5.91 Å². The zero-order valence-electron chi connectivity index (χ0n) is 55.1. The highest BCUT2D eigenvalue weighted by Crippen LogP contribution is 2.20. The molecule has 2 atom stereocenters. The second-order valence-corrected chi connectivity index (χ2v) is 26.1. The first-order chi connectivity index (χ1) is 39.7. The highest BCUT2D eigenvalue weighted by atomic mass is 16.3. The van der Waals surface area contributed by atoms with E-state index in [9.17, 15) is 15.0 Å². The number of allylic oxidation sites excluding steroid dienone is 3. The van der Waals surface area contributed by atoms with Crippen LogP contribution < -0.4 is 5.32 Å². The van der Waals surface area contributed by atoms with E-state index >= 15 is 0 Å². The number of hydrogen-bond acceptors (Lipinski definition) is 3. The Bertz CT molecular complexity index is 1180. The Labute approximate surface area is 504 Å². The van der Waals surface area contributed by atoms with Crippen LogP contribution >= 0.6 is 0 Å². The lowest BCUT2D eigenvalue weighted by Crippen LogP contribution is -2.45. The van der Waals surface area contributed by atoms with E-state index in [2.05, 4.69) is 31.3 Å². The van der Waals surface area contributed by atoms with Gasteiger partial charge in [-0.05, 0) is 32.1 Å². The van der Waals surface area contributed by atoms with E-state index in [4.69, 9.17) is 0 Å². The summed E-state index contributed by atoms with van der Waals surface area (Å²) in [4.78, 5) is 12.5. The molecule has 2 unspecified atom stereocenters. The maximum absolute atomic E-state index is 12.5. The summed E-state index contributed by atoms with van der Waals surface area (Å²) in [6.45, 7) is 4.36. The van der Waals surface area contributed by atoms with Gasteiger partial charge in [-0.3, -0.25) is 4.79 Å². The van der Waals surface area contributed by atoms with Crippen LogP contribution in [0.15, 0.2) is 24.3 Å². The van der Waals surface area contributed by atoms with E-state index in [0.717, 1.165) is 32.1 Å². The summed E-state index contributed by atoms with van der Waals surface area (Å²) in [5, 5.41) is 23.3. The molecule has 0 heterocycles. The molecule has 0 bridgehead atoms. The van der Waals surface area contributed by atoms with Crippen molar-refractivity contribution < 1.29 is 15.0 Å². The molecule has 0 saturated carbocycles. The van der Waals surface area contributed by atoms with Gasteiger partial charge in [-0.1, -0.05) is 423 Å². The van der Waals surface area contributed by atoms with Crippen LogP contribution in [0, 0.1) is 0 Å². The molecule has 0 rings (SSSR count). The molecule has 4 heteroatoms. The lowest BCUT2D eigenvalue weighted by atomic mass is 10.0. The molecule has 476 valence electrons. The molecule has 0 aliphatic carbocycles. The zero-order chi connectivity index (χ0) is 57.6. The van der Waals surface area contributed by atoms with Crippen LogP contribution in [0.25, 0.3) is 0 Å². The summed E-state index contributed by atoms with van der Waals surface area (Å²) in [6, 6.07) is -0.638. The summed E-state index contributed by atoms with van der Waals surface area (Å²) in [5.74, 6) is -0.0635. The fourth-order valence-corrected chi connectivity index (χ4v) is 12.3. The van der Waals surface area contributed by atoms with E-state index in [0.29, 0.717) is 6.42 Å². The lowest BCUT2D eigenvalue weighted by molar-refractivity contribution is -0.123. The topological polar surface area (TPSA) is 69.6 Å². The summed E-state index contributed by atoms with van der Waals surface area (Å²) in [6.07, 6.45) is 98.8. The quantitative estimate of drug-likeness (QED) is 0.0420. The Hall–Kier alpha value is -1.13. The monoisotopic (exact) mass is 1120 g/mol. The molecule has 0 aromatic heterocycles. The minimum absolute atomic E-state index is 0.0635. The molecule has 0 spiro atoms. The summed E-state index contributed by atoms with van der Waals surface area (Å²) >= 11 is 0. The number of nitrogens with one attached hydrogen (secondary N) is 1. The molecule has 4 nitrogen and oxygen atoms in total. The van der Waals surface area contributed by atoms with Crippen molar-refractivity contribution in [1.82, 2.24) is 5.32 Å². The Morgan fingerprint density at radius 3 is 0.725 bits per heavy atom. The second-order valence-electron chi connectivity index (χ2n) is 26.1. The predicted molar refractivity (Wildman–Crippen MR) is 359 cm³/mol. The second kappa shape index (κ2) is 72.1. The Morgan fingerprint density at radius 1 is 0.287 bits per heavy atom. The molecule has 0 fully saturated rings. The van der Waals surface area contributed by atoms with E-state index in [1.54, 1.807) is 6.08 Å². The van der Waals surface area contributed by atoms with Crippen molar-refractivity contribution in [3.8, 4) is 0 Å². The van der Waals surface area contributed by atoms with Crippen molar-refractivity contribution in [2.75, 3.05) is 6.61 Å². The van der Waals surface area contributed by atoms with Crippen molar-refractivity contribution in [3.63, 3.8) is 0 Å². The number of carbonyl (C=O) groups excluding carboxylic acids is 1. The number of aliphatic hydroxyl groups is 2. The Morgan fingerprint density at radius 2 is 0.487 bits per heavy atom. The lowest BCUT2D eigenvalue weighted by Gasteiger charge is -2.19. The van der Waals surface area contributed by atoms with Gasteiger partial charge in [-0.25, -0.2) is 0 Å². The minimum atomic E-state index is -0.861. The Kier molecular flexibility index (Phi) is 71.1. The zero-order valence-corrected chi connectivity index (χ0v) is 55.1. The molecule has 0 saturated heterocycles. The molecule has 3 N–H and O–H groups in total. The average Bonchev–Trinajstić information content (AvgIpc) is 3.46. The molecular weight excluding hydrogens is 975 g/mol. The Balaban J connectivity index is 3.38. The molecule has 1 amide bonds. The number of amides is 1. The van der Waals surface area contributed by atoms with Crippen molar-refractivity contribution in [3.05, 3.63) is 24.3 Å². The smallest absolute Gasteiger partial charge is 0.220 e. The van der Waals surface area contributed by atoms with Crippen molar-refractivity contribution in [1.29, 1.82) is 0 Å².